The first kappa shape index (κ1) is 22.0. The molecule has 0 atom stereocenters. The second-order valence-electron chi connectivity index (χ2n) is 8.08. The number of carbonyl (C=O) groups is 2. The Bertz CT molecular complexity index is 800. The molecule has 1 aliphatic heterocycles. The molecule has 1 fully saturated rings. The van der Waals surface area contributed by atoms with E-state index in [0.29, 0.717) is 45.4 Å². The summed E-state index contributed by atoms with van der Waals surface area (Å²) >= 11 is 0. The highest BCUT2D eigenvalue weighted by Gasteiger charge is 2.42. The van der Waals surface area contributed by atoms with Crippen LogP contribution in [0.4, 0.5) is 0 Å². The summed E-state index contributed by atoms with van der Waals surface area (Å²) in [5.74, 6) is 0.0566. The van der Waals surface area contributed by atoms with Crippen molar-refractivity contribution in [1.82, 2.24) is 9.88 Å². The van der Waals surface area contributed by atoms with Gasteiger partial charge in [0.25, 0.3) is 0 Å². The molecule has 1 saturated heterocycles. The maximum Gasteiger partial charge on any atom is 0.312 e. The van der Waals surface area contributed by atoms with E-state index in [4.69, 9.17) is 4.74 Å². The molecule has 160 valence electrons. The number of benzene rings is 1. The van der Waals surface area contributed by atoms with Gasteiger partial charge in [-0.05, 0) is 62.6 Å². The fourth-order valence-electron chi connectivity index (χ4n) is 4.26. The summed E-state index contributed by atoms with van der Waals surface area (Å²) in [7, 11) is 0. The summed E-state index contributed by atoms with van der Waals surface area (Å²) in [5, 5.41) is 0. The van der Waals surface area contributed by atoms with Gasteiger partial charge in [0.15, 0.2) is 0 Å². The Morgan fingerprint density at radius 1 is 1.03 bits per heavy atom. The summed E-state index contributed by atoms with van der Waals surface area (Å²) in [4.78, 5) is 31.5. The van der Waals surface area contributed by atoms with Gasteiger partial charge < -0.3 is 9.64 Å². The Morgan fingerprint density at radius 2 is 1.77 bits per heavy atom. The third-order valence-corrected chi connectivity index (χ3v) is 6.10. The molecular formula is C25H32N2O3. The van der Waals surface area contributed by atoms with E-state index in [-0.39, 0.29) is 11.9 Å². The predicted octanol–water partition coefficient (Wildman–Crippen LogP) is 4.21. The van der Waals surface area contributed by atoms with E-state index in [0.717, 1.165) is 24.8 Å². The molecular weight excluding hydrogens is 376 g/mol. The maximum atomic E-state index is 12.8. The fourth-order valence-corrected chi connectivity index (χ4v) is 4.26. The Kier molecular flexibility index (Phi) is 8.00. The Hall–Kier alpha value is -2.69. The number of amides is 1. The van der Waals surface area contributed by atoms with Crippen molar-refractivity contribution in [3.63, 3.8) is 0 Å². The molecule has 3 rings (SSSR count). The van der Waals surface area contributed by atoms with E-state index in [2.05, 4.69) is 17.1 Å². The van der Waals surface area contributed by atoms with E-state index < -0.39 is 5.41 Å². The first-order chi connectivity index (χ1) is 14.6. The largest absolute Gasteiger partial charge is 0.466 e. The minimum Gasteiger partial charge on any atom is -0.466 e. The van der Waals surface area contributed by atoms with Crippen LogP contribution in [0.3, 0.4) is 0 Å². The lowest BCUT2D eigenvalue weighted by molar-refractivity contribution is -0.161. The SMILES string of the molecule is CCOC(=O)C1(CCCc2ccccc2)CCN(C(=O)CCc2cccnc2)CC1. The van der Waals surface area contributed by atoms with Gasteiger partial charge in [-0.3, -0.25) is 14.6 Å². The van der Waals surface area contributed by atoms with Gasteiger partial charge in [-0.2, -0.15) is 0 Å². The second kappa shape index (κ2) is 10.9. The van der Waals surface area contributed by atoms with Gasteiger partial charge in [-0.25, -0.2) is 0 Å². The molecule has 2 heterocycles. The normalized spacial score (nSPS) is 15.6. The predicted molar refractivity (Wildman–Crippen MR) is 117 cm³/mol. The molecule has 5 heteroatoms. The number of hydrogen-bond donors (Lipinski definition) is 0. The van der Waals surface area contributed by atoms with Gasteiger partial charge in [0, 0.05) is 31.9 Å². The smallest absolute Gasteiger partial charge is 0.312 e. The first-order valence-corrected chi connectivity index (χ1v) is 11.0. The molecule has 2 aromatic rings. The van der Waals surface area contributed by atoms with Gasteiger partial charge in [0.1, 0.15) is 0 Å². The summed E-state index contributed by atoms with van der Waals surface area (Å²) < 4.78 is 5.44. The summed E-state index contributed by atoms with van der Waals surface area (Å²) in [6, 6.07) is 14.3. The summed E-state index contributed by atoms with van der Waals surface area (Å²) in [6.07, 6.45) is 8.78. The molecule has 1 amide bonds. The lowest BCUT2D eigenvalue weighted by atomic mass is 9.74. The topological polar surface area (TPSA) is 59.5 Å². The molecule has 0 radical (unpaired) electrons. The quantitative estimate of drug-likeness (QED) is 0.583. The number of piperidine rings is 1. The van der Waals surface area contributed by atoms with Crippen molar-refractivity contribution < 1.29 is 14.3 Å². The van der Waals surface area contributed by atoms with Crippen molar-refractivity contribution in [2.75, 3.05) is 19.7 Å². The maximum absolute atomic E-state index is 12.8. The molecule has 0 unspecified atom stereocenters. The molecule has 0 saturated carbocycles. The number of carbonyl (C=O) groups excluding carboxylic acids is 2. The van der Waals surface area contributed by atoms with E-state index in [9.17, 15) is 9.59 Å². The van der Waals surface area contributed by atoms with Crippen molar-refractivity contribution in [3.8, 4) is 0 Å². The monoisotopic (exact) mass is 408 g/mol. The zero-order valence-corrected chi connectivity index (χ0v) is 17.9. The highest BCUT2D eigenvalue weighted by atomic mass is 16.5. The summed E-state index contributed by atoms with van der Waals surface area (Å²) in [6.45, 7) is 3.49. The van der Waals surface area contributed by atoms with Crippen LogP contribution in [0, 0.1) is 5.41 Å². The zero-order chi connectivity index (χ0) is 21.2. The number of rotatable bonds is 9. The lowest BCUT2D eigenvalue weighted by Crippen LogP contribution is -2.47. The van der Waals surface area contributed by atoms with Crippen molar-refractivity contribution >= 4 is 11.9 Å². The molecule has 1 aliphatic rings. The Morgan fingerprint density at radius 3 is 2.43 bits per heavy atom. The van der Waals surface area contributed by atoms with Crippen molar-refractivity contribution in [3.05, 3.63) is 66.0 Å². The third-order valence-electron chi connectivity index (χ3n) is 6.10. The van der Waals surface area contributed by atoms with Gasteiger partial charge in [-0.15, -0.1) is 0 Å². The Labute approximate surface area is 179 Å². The molecule has 0 aliphatic carbocycles. The highest BCUT2D eigenvalue weighted by Crippen LogP contribution is 2.38. The van der Waals surface area contributed by atoms with Gasteiger partial charge in [0.05, 0.1) is 12.0 Å². The van der Waals surface area contributed by atoms with Crippen LogP contribution in [0.1, 0.15) is 50.2 Å². The number of likely N-dealkylation sites (tertiary alicyclic amines) is 1. The number of nitrogens with zero attached hydrogens (tertiary/aromatic N) is 2. The molecule has 0 N–H and O–H groups in total. The van der Waals surface area contributed by atoms with E-state index in [1.54, 1.807) is 6.20 Å². The molecule has 1 aromatic carbocycles. The van der Waals surface area contributed by atoms with E-state index in [1.807, 2.05) is 48.4 Å². The molecule has 5 nitrogen and oxygen atoms in total. The van der Waals surface area contributed by atoms with Gasteiger partial charge in [0.2, 0.25) is 5.91 Å². The number of hydrogen-bond acceptors (Lipinski definition) is 4. The first-order valence-electron chi connectivity index (χ1n) is 11.0. The van der Waals surface area contributed by atoms with E-state index in [1.165, 1.54) is 5.56 Å². The number of ether oxygens (including phenoxy) is 1. The van der Waals surface area contributed by atoms with Gasteiger partial charge >= 0.3 is 5.97 Å². The summed E-state index contributed by atoms with van der Waals surface area (Å²) in [5.41, 5.74) is 1.90. The number of pyridine rings is 1. The van der Waals surface area contributed by atoms with Crippen LogP contribution in [-0.2, 0) is 27.2 Å². The highest BCUT2D eigenvalue weighted by molar-refractivity contribution is 5.79. The van der Waals surface area contributed by atoms with Crippen LogP contribution < -0.4 is 0 Å². The van der Waals surface area contributed by atoms with Crippen LogP contribution in [0.2, 0.25) is 0 Å². The third kappa shape index (κ3) is 5.91. The minimum absolute atomic E-state index is 0.0967. The van der Waals surface area contributed by atoms with Crippen LogP contribution in [0.5, 0.6) is 0 Å². The molecule has 0 spiro atoms. The fraction of sp³-hybridized carbons (Fsp3) is 0.480. The van der Waals surface area contributed by atoms with Crippen LogP contribution in [-0.4, -0.2) is 41.5 Å². The van der Waals surface area contributed by atoms with Crippen LogP contribution in [0.25, 0.3) is 0 Å². The molecule has 30 heavy (non-hydrogen) atoms. The number of aromatic nitrogens is 1. The van der Waals surface area contributed by atoms with E-state index >= 15 is 0 Å². The van der Waals surface area contributed by atoms with Crippen LogP contribution >= 0.6 is 0 Å². The molecule has 1 aromatic heterocycles. The lowest BCUT2D eigenvalue weighted by Gasteiger charge is -2.40. The van der Waals surface area contributed by atoms with Crippen molar-refractivity contribution in [1.29, 1.82) is 0 Å². The average molecular weight is 409 g/mol. The van der Waals surface area contributed by atoms with Gasteiger partial charge in [-0.1, -0.05) is 36.4 Å². The van der Waals surface area contributed by atoms with Crippen molar-refractivity contribution in [2.24, 2.45) is 5.41 Å². The Balaban J connectivity index is 1.54. The number of esters is 1. The molecule has 0 bridgehead atoms. The standard InChI is InChI=1S/C25H32N2O3/c1-2-30-24(29)25(14-6-10-21-8-4-3-5-9-21)15-18-27(19-16-25)23(28)13-12-22-11-7-17-26-20-22/h3-5,7-9,11,17,20H,2,6,10,12-16,18-19H2,1H3. The minimum atomic E-state index is -0.467. The zero-order valence-electron chi connectivity index (χ0n) is 17.9. The van der Waals surface area contributed by atoms with Crippen molar-refractivity contribution in [2.45, 2.75) is 51.9 Å². The number of aryl methyl sites for hydroxylation is 2. The van der Waals surface area contributed by atoms with Crippen LogP contribution in [0.15, 0.2) is 54.9 Å². The second-order valence-corrected chi connectivity index (χ2v) is 8.08. The average Bonchev–Trinajstić information content (AvgIpc) is 2.79.